The Hall–Kier alpha value is -3.06. The number of anilines is 1. The van der Waals surface area contributed by atoms with Crippen molar-refractivity contribution in [2.75, 3.05) is 45.3 Å². The summed E-state index contributed by atoms with van der Waals surface area (Å²) >= 11 is 0. The summed E-state index contributed by atoms with van der Waals surface area (Å²) in [7, 11) is 3.08. The van der Waals surface area contributed by atoms with E-state index < -0.39 is 6.17 Å². The fourth-order valence-corrected chi connectivity index (χ4v) is 4.44. The van der Waals surface area contributed by atoms with Crippen LogP contribution in [0.4, 0.5) is 5.69 Å². The van der Waals surface area contributed by atoms with Crippen molar-refractivity contribution < 1.29 is 19.1 Å². The van der Waals surface area contributed by atoms with E-state index in [-0.39, 0.29) is 11.8 Å². The summed E-state index contributed by atoms with van der Waals surface area (Å²) in [5.41, 5.74) is 2.40. The number of carbonyl (C=O) groups excluding carboxylic acids is 2. The van der Waals surface area contributed by atoms with Crippen molar-refractivity contribution in [3.8, 4) is 11.5 Å². The average molecular weight is 409 g/mol. The Morgan fingerprint density at radius 2 is 1.70 bits per heavy atom. The molecule has 0 aromatic heterocycles. The predicted molar refractivity (Wildman–Crippen MR) is 114 cm³/mol. The standard InChI is InChI=1S/C23H27N3O4/c1-5-24(6-2)13-14-25-21-16-11-12-18(29-3)20(30-4)19(16)23(28)26(21)17-10-8-7-9-15(17)22(25)27/h7-12,21H,5-6,13-14H2,1-4H3/t21-/m0/s1. The number of ether oxygens (including phenoxy) is 2. The van der Waals surface area contributed by atoms with Gasteiger partial charge in [0.25, 0.3) is 11.8 Å². The molecule has 0 unspecified atom stereocenters. The Kier molecular flexibility index (Phi) is 5.39. The summed E-state index contributed by atoms with van der Waals surface area (Å²) in [6, 6.07) is 11.0. The molecule has 2 aliphatic heterocycles. The van der Waals surface area contributed by atoms with Gasteiger partial charge in [0, 0.05) is 18.7 Å². The molecule has 0 radical (unpaired) electrons. The number of carbonyl (C=O) groups is 2. The van der Waals surface area contributed by atoms with Gasteiger partial charge in [0.05, 0.1) is 31.0 Å². The molecule has 0 saturated heterocycles. The maximum absolute atomic E-state index is 13.6. The molecule has 1 atom stereocenters. The van der Waals surface area contributed by atoms with Crippen molar-refractivity contribution in [2.45, 2.75) is 20.0 Å². The van der Waals surface area contributed by atoms with Crippen LogP contribution in [0.15, 0.2) is 36.4 Å². The maximum atomic E-state index is 13.6. The summed E-state index contributed by atoms with van der Waals surface area (Å²) < 4.78 is 11.0. The van der Waals surface area contributed by atoms with Gasteiger partial charge in [-0.15, -0.1) is 0 Å². The predicted octanol–water partition coefficient (Wildman–Crippen LogP) is 3.16. The van der Waals surface area contributed by atoms with Crippen LogP contribution in [-0.4, -0.2) is 62.0 Å². The summed E-state index contributed by atoms with van der Waals surface area (Å²) in [4.78, 5) is 32.8. The zero-order valence-corrected chi connectivity index (χ0v) is 17.8. The lowest BCUT2D eigenvalue weighted by Gasteiger charge is -2.41. The molecule has 2 heterocycles. The van der Waals surface area contributed by atoms with Crippen molar-refractivity contribution in [3.05, 3.63) is 53.1 Å². The third-order valence-electron chi connectivity index (χ3n) is 6.03. The summed E-state index contributed by atoms with van der Waals surface area (Å²) in [6.07, 6.45) is -0.495. The summed E-state index contributed by atoms with van der Waals surface area (Å²) in [5.74, 6) is 0.662. The van der Waals surface area contributed by atoms with Gasteiger partial charge in [0.1, 0.15) is 6.17 Å². The van der Waals surface area contributed by atoms with Crippen molar-refractivity contribution in [3.63, 3.8) is 0 Å². The molecule has 7 nitrogen and oxygen atoms in total. The lowest BCUT2D eigenvalue weighted by atomic mass is 10.0. The number of likely N-dealkylation sites (N-methyl/N-ethyl adjacent to an activating group) is 1. The van der Waals surface area contributed by atoms with Gasteiger partial charge >= 0.3 is 0 Å². The van der Waals surface area contributed by atoms with Crippen LogP contribution in [0.2, 0.25) is 0 Å². The minimum atomic E-state index is -0.495. The Balaban J connectivity index is 1.86. The van der Waals surface area contributed by atoms with E-state index in [1.165, 1.54) is 7.11 Å². The van der Waals surface area contributed by atoms with Crippen molar-refractivity contribution >= 4 is 17.5 Å². The SMILES string of the molecule is CCN(CC)CCN1C(=O)c2ccccc2N2C(=O)c3c(ccc(OC)c3OC)[C@@H]12. The van der Waals surface area contributed by atoms with Crippen molar-refractivity contribution in [2.24, 2.45) is 0 Å². The zero-order valence-electron chi connectivity index (χ0n) is 17.8. The van der Waals surface area contributed by atoms with Crippen LogP contribution in [-0.2, 0) is 0 Å². The van der Waals surface area contributed by atoms with Gasteiger partial charge in [-0.1, -0.05) is 32.0 Å². The van der Waals surface area contributed by atoms with Crippen molar-refractivity contribution in [1.82, 2.24) is 9.80 Å². The fourth-order valence-electron chi connectivity index (χ4n) is 4.44. The Bertz CT molecular complexity index is 986. The monoisotopic (exact) mass is 409 g/mol. The highest BCUT2D eigenvalue weighted by Crippen LogP contribution is 2.49. The van der Waals surface area contributed by atoms with Crippen LogP contribution in [0.25, 0.3) is 0 Å². The third kappa shape index (κ3) is 2.92. The molecular weight excluding hydrogens is 382 g/mol. The van der Waals surface area contributed by atoms with Crippen LogP contribution in [0.5, 0.6) is 11.5 Å². The number of rotatable bonds is 7. The van der Waals surface area contributed by atoms with Crippen LogP contribution in [0, 0.1) is 0 Å². The minimum Gasteiger partial charge on any atom is -0.493 e. The molecule has 30 heavy (non-hydrogen) atoms. The molecule has 0 aliphatic carbocycles. The van der Waals surface area contributed by atoms with Gasteiger partial charge in [-0.05, 0) is 31.3 Å². The molecule has 2 aromatic rings. The van der Waals surface area contributed by atoms with E-state index in [1.807, 2.05) is 24.3 Å². The molecule has 2 amide bonds. The molecule has 4 rings (SSSR count). The first-order valence-corrected chi connectivity index (χ1v) is 10.3. The molecule has 0 spiro atoms. The number of amides is 2. The van der Waals surface area contributed by atoms with E-state index in [9.17, 15) is 9.59 Å². The van der Waals surface area contributed by atoms with Gasteiger partial charge in [-0.3, -0.25) is 14.5 Å². The normalized spacial score (nSPS) is 17.2. The average Bonchev–Trinajstić information content (AvgIpc) is 3.08. The van der Waals surface area contributed by atoms with E-state index in [4.69, 9.17) is 9.47 Å². The van der Waals surface area contributed by atoms with E-state index in [2.05, 4.69) is 18.7 Å². The Labute approximate surface area is 176 Å². The van der Waals surface area contributed by atoms with Crippen LogP contribution in [0.1, 0.15) is 46.3 Å². The molecular formula is C23H27N3O4. The number of para-hydroxylation sites is 1. The number of hydrogen-bond acceptors (Lipinski definition) is 5. The molecule has 0 fully saturated rings. The molecule has 158 valence electrons. The number of benzene rings is 2. The minimum absolute atomic E-state index is 0.0607. The largest absolute Gasteiger partial charge is 0.493 e. The highest BCUT2D eigenvalue weighted by molar-refractivity contribution is 6.18. The maximum Gasteiger partial charge on any atom is 0.264 e. The van der Waals surface area contributed by atoms with E-state index >= 15 is 0 Å². The van der Waals surface area contributed by atoms with E-state index in [0.29, 0.717) is 34.9 Å². The van der Waals surface area contributed by atoms with E-state index in [1.54, 1.807) is 29.0 Å². The Morgan fingerprint density at radius 3 is 2.37 bits per heavy atom. The number of nitrogens with zero attached hydrogens (tertiary/aromatic N) is 3. The number of methoxy groups -OCH3 is 2. The van der Waals surface area contributed by atoms with Crippen LogP contribution in [0.3, 0.4) is 0 Å². The molecule has 0 saturated carbocycles. The van der Waals surface area contributed by atoms with E-state index in [0.717, 1.165) is 25.2 Å². The quantitative estimate of drug-likeness (QED) is 0.703. The van der Waals surface area contributed by atoms with Gasteiger partial charge in [0.15, 0.2) is 11.5 Å². The molecule has 7 heteroatoms. The molecule has 0 bridgehead atoms. The first-order valence-electron chi connectivity index (χ1n) is 10.3. The molecule has 2 aromatic carbocycles. The summed E-state index contributed by atoms with van der Waals surface area (Å²) in [5, 5.41) is 0. The first-order chi connectivity index (χ1) is 14.6. The van der Waals surface area contributed by atoms with Crippen LogP contribution < -0.4 is 14.4 Å². The molecule has 2 aliphatic rings. The number of hydrogen-bond donors (Lipinski definition) is 0. The molecule has 0 N–H and O–H groups in total. The van der Waals surface area contributed by atoms with Gasteiger partial charge in [-0.25, -0.2) is 0 Å². The highest BCUT2D eigenvalue weighted by Gasteiger charge is 2.49. The van der Waals surface area contributed by atoms with Gasteiger partial charge < -0.3 is 19.3 Å². The zero-order chi connectivity index (χ0) is 21.4. The Morgan fingerprint density at radius 1 is 0.967 bits per heavy atom. The second-order valence-electron chi connectivity index (χ2n) is 7.36. The topological polar surface area (TPSA) is 62.3 Å². The summed E-state index contributed by atoms with van der Waals surface area (Å²) in [6.45, 7) is 7.29. The second-order valence-corrected chi connectivity index (χ2v) is 7.36. The second kappa shape index (κ2) is 7.99. The van der Waals surface area contributed by atoms with Crippen molar-refractivity contribution in [1.29, 1.82) is 0 Å². The fraction of sp³-hybridized carbons (Fsp3) is 0.391. The highest BCUT2D eigenvalue weighted by atomic mass is 16.5. The first kappa shape index (κ1) is 20.2. The lowest BCUT2D eigenvalue weighted by molar-refractivity contribution is 0.0623. The third-order valence-corrected chi connectivity index (χ3v) is 6.03. The number of fused-ring (bicyclic) bond motifs is 5. The van der Waals surface area contributed by atoms with Gasteiger partial charge in [0.2, 0.25) is 0 Å². The lowest BCUT2D eigenvalue weighted by Crippen LogP contribution is -2.50. The van der Waals surface area contributed by atoms with Gasteiger partial charge in [-0.2, -0.15) is 0 Å². The smallest absolute Gasteiger partial charge is 0.264 e. The van der Waals surface area contributed by atoms with Crippen LogP contribution >= 0.6 is 0 Å².